The molecule has 2 aromatic rings. The van der Waals surface area contributed by atoms with Gasteiger partial charge >= 0.3 is 6.18 Å². The minimum Gasteiger partial charge on any atom is -0.472 e. The van der Waals surface area contributed by atoms with Crippen molar-refractivity contribution in [2.24, 2.45) is 0 Å². The third-order valence-electron chi connectivity index (χ3n) is 4.28. The van der Waals surface area contributed by atoms with Gasteiger partial charge in [0.2, 0.25) is 17.6 Å². The molecule has 0 bridgehead atoms. The normalized spacial score (nSPS) is 16.4. The van der Waals surface area contributed by atoms with Crippen LogP contribution in [0.5, 0.6) is 0 Å². The summed E-state index contributed by atoms with van der Waals surface area (Å²) >= 11 is 0. The van der Waals surface area contributed by atoms with Crippen molar-refractivity contribution in [3.05, 3.63) is 24.5 Å². The van der Waals surface area contributed by atoms with Crippen LogP contribution in [0.2, 0.25) is 0 Å². The van der Waals surface area contributed by atoms with Crippen LogP contribution >= 0.6 is 12.4 Å². The number of hydrogen-bond acceptors (Lipinski definition) is 7. The molecular formula is C16H21ClF3N5O3. The van der Waals surface area contributed by atoms with E-state index in [1.165, 1.54) is 17.4 Å². The lowest BCUT2D eigenvalue weighted by Crippen LogP contribution is -2.57. The zero-order chi connectivity index (χ0) is 19.3. The summed E-state index contributed by atoms with van der Waals surface area (Å²) in [6, 6.07) is -0.0333. The maximum Gasteiger partial charge on any atom is 0.405 e. The highest BCUT2D eigenvalue weighted by Crippen LogP contribution is 2.24. The number of amides is 1. The molecule has 1 saturated heterocycles. The van der Waals surface area contributed by atoms with Gasteiger partial charge in [0.25, 0.3) is 0 Å². The first kappa shape index (κ1) is 22.2. The molecule has 8 nitrogen and oxygen atoms in total. The van der Waals surface area contributed by atoms with Gasteiger partial charge in [-0.2, -0.15) is 18.2 Å². The summed E-state index contributed by atoms with van der Waals surface area (Å²) < 4.78 is 49.8. The molecule has 2 N–H and O–H groups in total. The Kier molecular flexibility index (Phi) is 7.84. The van der Waals surface area contributed by atoms with Crippen LogP contribution in [0.25, 0.3) is 11.4 Å². The Labute approximate surface area is 165 Å². The van der Waals surface area contributed by atoms with Crippen LogP contribution in [-0.2, 0) is 11.2 Å². The van der Waals surface area contributed by atoms with E-state index in [0.29, 0.717) is 37.6 Å². The first-order valence-corrected chi connectivity index (χ1v) is 8.57. The Morgan fingerprint density at radius 1 is 1.36 bits per heavy atom. The lowest BCUT2D eigenvalue weighted by molar-refractivity contribution is -0.184. The van der Waals surface area contributed by atoms with Gasteiger partial charge < -0.3 is 19.6 Å². The molecule has 156 valence electrons. The number of aromatic nitrogens is 2. The summed E-state index contributed by atoms with van der Waals surface area (Å²) in [5.41, 5.74) is 0.637. The van der Waals surface area contributed by atoms with Crippen LogP contribution < -0.4 is 10.6 Å². The highest BCUT2D eigenvalue weighted by Gasteiger charge is 2.43. The molecular weight excluding hydrogens is 403 g/mol. The van der Waals surface area contributed by atoms with Crippen LogP contribution in [0.15, 0.2) is 27.5 Å². The van der Waals surface area contributed by atoms with E-state index in [2.05, 4.69) is 20.8 Å². The molecule has 0 aliphatic carbocycles. The molecule has 1 atom stereocenters. The van der Waals surface area contributed by atoms with Crippen molar-refractivity contribution >= 4 is 18.3 Å². The van der Waals surface area contributed by atoms with Crippen molar-refractivity contribution in [2.75, 3.05) is 32.7 Å². The fourth-order valence-corrected chi connectivity index (χ4v) is 2.83. The molecule has 0 radical (unpaired) electrons. The molecule has 1 unspecified atom stereocenters. The molecule has 1 aliphatic heterocycles. The Bertz CT molecular complexity index is 732. The van der Waals surface area contributed by atoms with E-state index in [9.17, 15) is 18.0 Å². The van der Waals surface area contributed by atoms with Gasteiger partial charge in [0.05, 0.1) is 11.8 Å². The van der Waals surface area contributed by atoms with Gasteiger partial charge in [-0.1, -0.05) is 5.16 Å². The average Bonchev–Trinajstić information content (AvgIpc) is 3.31. The lowest BCUT2D eigenvalue weighted by atomic mass is 10.2. The van der Waals surface area contributed by atoms with E-state index in [4.69, 9.17) is 8.94 Å². The van der Waals surface area contributed by atoms with E-state index in [1.54, 1.807) is 6.07 Å². The van der Waals surface area contributed by atoms with Crippen molar-refractivity contribution in [3.63, 3.8) is 0 Å². The van der Waals surface area contributed by atoms with Crippen LogP contribution in [0, 0.1) is 0 Å². The van der Waals surface area contributed by atoms with Crippen molar-refractivity contribution < 1.29 is 26.9 Å². The predicted molar refractivity (Wildman–Crippen MR) is 94.9 cm³/mol. The molecule has 0 spiro atoms. The van der Waals surface area contributed by atoms with Gasteiger partial charge in [-0.05, 0) is 6.07 Å². The molecule has 12 heteroatoms. The number of rotatable bonds is 7. The lowest BCUT2D eigenvalue weighted by Gasteiger charge is -2.35. The Hall–Kier alpha value is -2.11. The predicted octanol–water partition coefficient (Wildman–Crippen LogP) is 1.64. The highest BCUT2D eigenvalue weighted by molar-refractivity contribution is 5.85. The highest BCUT2D eigenvalue weighted by atomic mass is 35.5. The van der Waals surface area contributed by atoms with Gasteiger partial charge in [-0.25, -0.2) is 0 Å². The monoisotopic (exact) mass is 423 g/mol. The summed E-state index contributed by atoms with van der Waals surface area (Å²) in [5.74, 6) is 0.0632. The van der Waals surface area contributed by atoms with Crippen LogP contribution in [0.4, 0.5) is 13.2 Å². The number of carbonyl (C=O) groups excluding carboxylic acids is 1. The third-order valence-corrected chi connectivity index (χ3v) is 4.28. The van der Waals surface area contributed by atoms with Crippen molar-refractivity contribution in [1.82, 2.24) is 25.7 Å². The fourth-order valence-electron chi connectivity index (χ4n) is 2.83. The quantitative estimate of drug-likeness (QED) is 0.698. The van der Waals surface area contributed by atoms with Crippen molar-refractivity contribution in [2.45, 2.75) is 25.1 Å². The largest absolute Gasteiger partial charge is 0.472 e. The zero-order valence-electron chi connectivity index (χ0n) is 14.9. The Morgan fingerprint density at radius 2 is 2.11 bits per heavy atom. The van der Waals surface area contributed by atoms with Crippen LogP contribution in [-0.4, -0.2) is 65.9 Å². The molecule has 3 rings (SSSR count). The van der Waals surface area contributed by atoms with Gasteiger partial charge in [-0.3, -0.25) is 9.69 Å². The molecule has 1 aliphatic rings. The number of furan rings is 1. The number of carbonyl (C=O) groups is 1. The maximum atomic E-state index is 13.3. The summed E-state index contributed by atoms with van der Waals surface area (Å²) in [5, 5.41) is 9.14. The standard InChI is InChI=1S/C16H20F3N5O3.ClH/c17-16(18,19)12(24-6-4-20-5-7-24)9-21-13(25)1-2-14-22-15(23-27-14)11-3-8-26-10-11;/h3,8,10,12,20H,1-2,4-7,9H2,(H,21,25);1H. The molecule has 28 heavy (non-hydrogen) atoms. The zero-order valence-corrected chi connectivity index (χ0v) is 15.7. The van der Waals surface area contributed by atoms with E-state index in [1.807, 2.05) is 0 Å². The van der Waals surface area contributed by atoms with Crippen LogP contribution in [0.3, 0.4) is 0 Å². The summed E-state index contributed by atoms with van der Waals surface area (Å²) in [6.45, 7) is 1.09. The first-order chi connectivity index (χ1) is 12.9. The molecule has 2 aromatic heterocycles. The molecule has 1 amide bonds. The third kappa shape index (κ3) is 5.94. The van der Waals surface area contributed by atoms with Crippen LogP contribution in [0.1, 0.15) is 12.3 Å². The minimum absolute atomic E-state index is 0. The molecule has 0 aromatic carbocycles. The molecule has 1 fully saturated rings. The number of piperazine rings is 1. The van der Waals surface area contributed by atoms with Gasteiger partial charge in [0.1, 0.15) is 12.3 Å². The number of nitrogens with one attached hydrogen (secondary N) is 2. The minimum atomic E-state index is -4.41. The smallest absolute Gasteiger partial charge is 0.405 e. The first-order valence-electron chi connectivity index (χ1n) is 8.57. The fraction of sp³-hybridized carbons (Fsp3) is 0.562. The molecule has 0 saturated carbocycles. The molecule has 3 heterocycles. The second-order valence-electron chi connectivity index (χ2n) is 6.17. The van der Waals surface area contributed by atoms with Gasteiger partial charge in [0, 0.05) is 45.6 Å². The van der Waals surface area contributed by atoms with E-state index in [0.717, 1.165) is 0 Å². The Balaban J connectivity index is 0.00000280. The van der Waals surface area contributed by atoms with Crippen molar-refractivity contribution in [1.29, 1.82) is 0 Å². The number of hydrogen-bond donors (Lipinski definition) is 2. The number of nitrogens with zero attached hydrogens (tertiary/aromatic N) is 3. The number of aryl methyl sites for hydroxylation is 1. The van der Waals surface area contributed by atoms with Crippen molar-refractivity contribution in [3.8, 4) is 11.4 Å². The van der Waals surface area contributed by atoms with E-state index >= 15 is 0 Å². The summed E-state index contributed by atoms with van der Waals surface area (Å²) in [4.78, 5) is 17.4. The number of alkyl halides is 3. The van der Waals surface area contributed by atoms with E-state index < -0.39 is 24.7 Å². The topological polar surface area (TPSA) is 96.4 Å². The number of halogens is 4. The second kappa shape index (κ2) is 9.89. The maximum absolute atomic E-state index is 13.3. The summed E-state index contributed by atoms with van der Waals surface area (Å²) in [7, 11) is 0. The summed E-state index contributed by atoms with van der Waals surface area (Å²) in [6.07, 6.45) is -1.39. The SMILES string of the molecule is Cl.O=C(CCc1nc(-c2ccoc2)no1)NCC(N1CCNCC1)C(F)(F)F. The average molecular weight is 424 g/mol. The second-order valence-corrected chi connectivity index (χ2v) is 6.17. The van der Waals surface area contributed by atoms with Gasteiger partial charge in [0.15, 0.2) is 0 Å². The Morgan fingerprint density at radius 3 is 2.75 bits per heavy atom. The van der Waals surface area contributed by atoms with E-state index in [-0.39, 0.29) is 31.1 Å². The van der Waals surface area contributed by atoms with Gasteiger partial charge in [-0.15, -0.1) is 12.4 Å².